The average molecular weight is 573 g/mol. The monoisotopic (exact) mass is 571 g/mol. The van der Waals surface area contributed by atoms with E-state index in [9.17, 15) is 4.79 Å². The van der Waals surface area contributed by atoms with Crippen molar-refractivity contribution in [2.45, 2.75) is 27.7 Å². The van der Waals surface area contributed by atoms with Crippen LogP contribution in [0.4, 0.5) is 11.4 Å². The number of methoxy groups -OCH3 is 1. The Labute approximate surface area is 230 Å². The van der Waals surface area contributed by atoms with Gasteiger partial charge in [-0.2, -0.15) is 4.80 Å². The second-order valence-electron chi connectivity index (χ2n) is 9.23. The Morgan fingerprint density at radius 1 is 0.974 bits per heavy atom. The Hall–Kier alpha value is -3.91. The number of carbonyl (C=O) groups excluding carboxylic acids is 1. The first-order valence-corrected chi connectivity index (χ1v) is 13.4. The third-order valence-corrected chi connectivity index (χ3v) is 7.68. The summed E-state index contributed by atoms with van der Waals surface area (Å²) in [5, 5.41) is 14.4. The summed E-state index contributed by atoms with van der Waals surface area (Å²) in [6.45, 7) is 10.2. The first-order valence-electron chi connectivity index (χ1n) is 12.6. The fourth-order valence-corrected chi connectivity index (χ4v) is 5.54. The van der Waals surface area contributed by atoms with Gasteiger partial charge in [0.05, 0.1) is 22.8 Å². The largest absolute Gasteiger partial charge is 0.495 e. The molecule has 1 N–H and O–H groups in total. The minimum absolute atomic E-state index is 0.258. The lowest BCUT2D eigenvalue weighted by Gasteiger charge is -2.22. The molecule has 0 aliphatic carbocycles. The van der Waals surface area contributed by atoms with Gasteiger partial charge in [0.15, 0.2) is 0 Å². The minimum Gasteiger partial charge on any atom is -0.495 e. The summed E-state index contributed by atoms with van der Waals surface area (Å²) in [7, 11) is 1.57. The van der Waals surface area contributed by atoms with E-state index in [0.29, 0.717) is 22.5 Å². The number of hydrogen-bond donors (Lipinski definition) is 1. The summed E-state index contributed by atoms with van der Waals surface area (Å²) < 4.78 is 6.36. The SMILES string of the molecule is CCN(CC)c1ccc(-n2nc3cc(C)c(NC(=O)c4cc5ccccc5c(Br)c4OC)cc3n2)c(C)c1. The number of aromatic nitrogens is 3. The number of ether oxygens (including phenoxy) is 1. The number of halogens is 1. The molecular formula is C30H30BrN5O2. The molecule has 4 aromatic carbocycles. The van der Waals surface area contributed by atoms with Gasteiger partial charge >= 0.3 is 0 Å². The summed E-state index contributed by atoms with van der Waals surface area (Å²) in [4.78, 5) is 17.4. The molecule has 0 spiro atoms. The number of anilines is 2. The molecule has 1 aromatic heterocycles. The molecule has 1 heterocycles. The molecule has 0 saturated carbocycles. The highest BCUT2D eigenvalue weighted by atomic mass is 79.9. The lowest BCUT2D eigenvalue weighted by molar-refractivity contribution is 0.102. The highest BCUT2D eigenvalue weighted by Crippen LogP contribution is 2.37. The fraction of sp³-hybridized carbons (Fsp3) is 0.233. The zero-order valence-electron chi connectivity index (χ0n) is 22.2. The molecule has 5 rings (SSSR count). The van der Waals surface area contributed by atoms with Gasteiger partial charge in [-0.1, -0.05) is 24.3 Å². The van der Waals surface area contributed by atoms with Crippen molar-refractivity contribution in [2.24, 2.45) is 0 Å². The van der Waals surface area contributed by atoms with E-state index >= 15 is 0 Å². The molecule has 0 bridgehead atoms. The third kappa shape index (κ3) is 4.60. The standard InChI is InChI=1S/C30H30BrN5O2/c1-6-35(7-2)21-12-13-27(19(4)14-21)36-33-25-15-18(3)24(17-26(25)34-36)32-30(37)23-16-20-10-8-9-11-22(20)28(31)29(23)38-5/h8-17H,6-7H2,1-5H3,(H,32,37). The molecular weight excluding hydrogens is 542 g/mol. The lowest BCUT2D eigenvalue weighted by Crippen LogP contribution is -2.21. The summed E-state index contributed by atoms with van der Waals surface area (Å²) in [5.74, 6) is 0.237. The first-order chi connectivity index (χ1) is 18.3. The first kappa shape index (κ1) is 25.7. The maximum Gasteiger partial charge on any atom is 0.259 e. The van der Waals surface area contributed by atoms with Gasteiger partial charge in [0.25, 0.3) is 5.91 Å². The molecule has 0 atom stereocenters. The van der Waals surface area contributed by atoms with E-state index in [0.717, 1.165) is 50.7 Å². The normalized spacial score (nSPS) is 11.2. The van der Waals surface area contributed by atoms with E-state index in [4.69, 9.17) is 14.9 Å². The van der Waals surface area contributed by atoms with Crippen LogP contribution in [0.1, 0.15) is 35.3 Å². The molecule has 5 aromatic rings. The quantitative estimate of drug-likeness (QED) is 0.226. The molecule has 0 aliphatic rings. The summed E-state index contributed by atoms with van der Waals surface area (Å²) in [6, 6.07) is 19.9. The molecule has 1 amide bonds. The van der Waals surface area contributed by atoms with E-state index in [1.807, 2.05) is 49.4 Å². The number of aryl methyl sites for hydroxylation is 2. The van der Waals surface area contributed by atoms with Crippen molar-refractivity contribution in [2.75, 3.05) is 30.4 Å². The van der Waals surface area contributed by atoms with Crippen molar-refractivity contribution in [1.82, 2.24) is 15.0 Å². The topological polar surface area (TPSA) is 72.3 Å². The van der Waals surface area contributed by atoms with Crippen molar-refractivity contribution < 1.29 is 9.53 Å². The zero-order valence-corrected chi connectivity index (χ0v) is 23.8. The maximum atomic E-state index is 13.4. The molecule has 0 radical (unpaired) electrons. The van der Waals surface area contributed by atoms with Crippen molar-refractivity contribution in [3.63, 3.8) is 0 Å². The number of nitrogens with one attached hydrogen (secondary N) is 1. The van der Waals surface area contributed by atoms with Gasteiger partial charge in [0.2, 0.25) is 0 Å². The number of amides is 1. The molecule has 0 unspecified atom stereocenters. The number of nitrogens with zero attached hydrogens (tertiary/aromatic N) is 4. The number of carbonyl (C=O) groups is 1. The third-order valence-electron chi connectivity index (χ3n) is 6.89. The van der Waals surface area contributed by atoms with Crippen LogP contribution < -0.4 is 15.0 Å². The molecule has 7 nitrogen and oxygen atoms in total. The number of fused-ring (bicyclic) bond motifs is 2. The molecule has 38 heavy (non-hydrogen) atoms. The van der Waals surface area contributed by atoms with E-state index in [-0.39, 0.29) is 5.91 Å². The van der Waals surface area contributed by atoms with E-state index in [1.165, 1.54) is 5.69 Å². The van der Waals surface area contributed by atoms with Crippen molar-refractivity contribution in [3.05, 3.63) is 81.8 Å². The van der Waals surface area contributed by atoms with E-state index < -0.39 is 0 Å². The Morgan fingerprint density at radius 2 is 1.68 bits per heavy atom. The predicted molar refractivity (Wildman–Crippen MR) is 158 cm³/mol. The fourth-order valence-electron chi connectivity index (χ4n) is 4.80. The Balaban J connectivity index is 1.48. The molecule has 0 aliphatic heterocycles. The van der Waals surface area contributed by atoms with Gasteiger partial charge in [0, 0.05) is 24.5 Å². The van der Waals surface area contributed by atoms with Crippen LogP contribution in [0.15, 0.2) is 65.1 Å². The van der Waals surface area contributed by atoms with Gasteiger partial charge in [0.1, 0.15) is 16.8 Å². The van der Waals surface area contributed by atoms with Crippen LogP contribution >= 0.6 is 15.9 Å². The lowest BCUT2D eigenvalue weighted by atomic mass is 10.0. The predicted octanol–water partition coefficient (Wildman–Crippen LogP) is 7.06. The highest BCUT2D eigenvalue weighted by molar-refractivity contribution is 9.10. The van der Waals surface area contributed by atoms with Crippen LogP contribution in [-0.2, 0) is 0 Å². The van der Waals surface area contributed by atoms with E-state index in [2.05, 4.69) is 65.1 Å². The molecule has 0 fully saturated rings. The van der Waals surface area contributed by atoms with Crippen LogP contribution in [0.2, 0.25) is 0 Å². The van der Waals surface area contributed by atoms with Crippen molar-refractivity contribution in [3.8, 4) is 11.4 Å². The summed E-state index contributed by atoms with van der Waals surface area (Å²) in [6.07, 6.45) is 0. The summed E-state index contributed by atoms with van der Waals surface area (Å²) >= 11 is 3.62. The number of benzene rings is 4. The second-order valence-corrected chi connectivity index (χ2v) is 10.0. The average Bonchev–Trinajstić information content (AvgIpc) is 3.31. The maximum absolute atomic E-state index is 13.4. The van der Waals surface area contributed by atoms with Crippen LogP contribution in [0.3, 0.4) is 0 Å². The van der Waals surface area contributed by atoms with Crippen LogP contribution in [-0.4, -0.2) is 41.1 Å². The van der Waals surface area contributed by atoms with Crippen LogP contribution in [0, 0.1) is 13.8 Å². The Bertz CT molecular complexity index is 1670. The molecule has 0 saturated heterocycles. The van der Waals surface area contributed by atoms with E-state index in [1.54, 1.807) is 11.9 Å². The van der Waals surface area contributed by atoms with Crippen LogP contribution in [0.5, 0.6) is 5.75 Å². The van der Waals surface area contributed by atoms with Gasteiger partial charge in [-0.25, -0.2) is 0 Å². The van der Waals surface area contributed by atoms with Crippen LogP contribution in [0.25, 0.3) is 27.5 Å². The zero-order chi connectivity index (χ0) is 27.0. The smallest absolute Gasteiger partial charge is 0.259 e. The van der Waals surface area contributed by atoms with Gasteiger partial charge < -0.3 is 15.0 Å². The van der Waals surface area contributed by atoms with Crippen molar-refractivity contribution in [1.29, 1.82) is 0 Å². The summed E-state index contributed by atoms with van der Waals surface area (Å²) in [5.41, 5.74) is 6.68. The molecule has 8 heteroatoms. The highest BCUT2D eigenvalue weighted by Gasteiger charge is 2.20. The molecule has 194 valence electrons. The number of hydrogen-bond acceptors (Lipinski definition) is 5. The second kappa shape index (κ2) is 10.5. The van der Waals surface area contributed by atoms with Gasteiger partial charge in [-0.3, -0.25) is 4.79 Å². The van der Waals surface area contributed by atoms with Gasteiger partial charge in [-0.15, -0.1) is 10.2 Å². The Kier molecular flexibility index (Phi) is 7.08. The number of rotatable bonds is 7. The minimum atomic E-state index is -0.258. The Morgan fingerprint density at radius 3 is 2.37 bits per heavy atom. The van der Waals surface area contributed by atoms with Crippen molar-refractivity contribution >= 4 is 55.0 Å². The van der Waals surface area contributed by atoms with Gasteiger partial charge in [-0.05, 0) is 102 Å².